The van der Waals surface area contributed by atoms with Crippen LogP contribution >= 0.6 is 0 Å². The molecule has 1 fully saturated rings. The zero-order valence-corrected chi connectivity index (χ0v) is 11.1. The number of amides is 1. The Morgan fingerprint density at radius 2 is 2.00 bits per heavy atom. The summed E-state index contributed by atoms with van der Waals surface area (Å²) in [6, 6.07) is 0. The van der Waals surface area contributed by atoms with Gasteiger partial charge < -0.3 is 10.4 Å². The fourth-order valence-electron chi connectivity index (χ4n) is 3.21. The summed E-state index contributed by atoms with van der Waals surface area (Å²) in [4.78, 5) is 11.8. The fourth-order valence-corrected chi connectivity index (χ4v) is 3.21. The van der Waals surface area contributed by atoms with Crippen LogP contribution in [-0.2, 0) is 4.79 Å². The van der Waals surface area contributed by atoms with Crippen molar-refractivity contribution in [1.29, 1.82) is 0 Å². The zero-order chi connectivity index (χ0) is 12.8. The number of hydrogen-bond acceptors (Lipinski definition) is 2. The van der Waals surface area contributed by atoms with Gasteiger partial charge in [-0.3, -0.25) is 4.79 Å². The molecule has 0 bridgehead atoms. The van der Waals surface area contributed by atoms with Gasteiger partial charge in [-0.25, -0.2) is 0 Å². The number of rotatable bonds is 5. The van der Waals surface area contributed by atoms with Crippen molar-refractivity contribution in [3.8, 4) is 0 Å². The van der Waals surface area contributed by atoms with Crippen LogP contribution in [0.4, 0.5) is 0 Å². The predicted octanol–water partition coefficient (Wildman–Crippen LogP) is 2.26. The first kappa shape index (κ1) is 13.6. The maximum Gasteiger partial charge on any atom is 0.220 e. The minimum Gasteiger partial charge on any atom is -0.396 e. The second-order valence-corrected chi connectivity index (χ2v) is 5.76. The molecule has 2 aliphatic rings. The molecule has 0 saturated heterocycles. The standard InChI is InChI=1S/C15H25NO2/c17-11-14-8-4-3-7-13(14)10-16-15(18)9-12-5-1-2-6-12/h1,5,12-14,17H,2-4,6-11H2,(H,16,18). The van der Waals surface area contributed by atoms with E-state index in [1.165, 1.54) is 12.8 Å². The Morgan fingerprint density at radius 1 is 1.22 bits per heavy atom. The Morgan fingerprint density at radius 3 is 2.67 bits per heavy atom. The molecule has 2 rings (SSSR count). The van der Waals surface area contributed by atoms with Crippen LogP contribution in [-0.4, -0.2) is 24.2 Å². The van der Waals surface area contributed by atoms with Gasteiger partial charge in [0, 0.05) is 19.6 Å². The van der Waals surface area contributed by atoms with Gasteiger partial charge in [-0.05, 0) is 43.4 Å². The van der Waals surface area contributed by atoms with Gasteiger partial charge in [-0.15, -0.1) is 0 Å². The summed E-state index contributed by atoms with van der Waals surface area (Å²) in [7, 11) is 0. The van der Waals surface area contributed by atoms with E-state index in [0.29, 0.717) is 24.2 Å². The number of aliphatic hydroxyl groups excluding tert-OH is 1. The summed E-state index contributed by atoms with van der Waals surface area (Å²) in [6.07, 6.45) is 11.9. The molecule has 1 amide bonds. The van der Waals surface area contributed by atoms with Crippen LogP contribution in [0.1, 0.15) is 44.9 Å². The van der Waals surface area contributed by atoms with Gasteiger partial charge in [0.1, 0.15) is 0 Å². The van der Waals surface area contributed by atoms with E-state index < -0.39 is 0 Å². The number of hydrogen-bond donors (Lipinski definition) is 2. The van der Waals surface area contributed by atoms with Crippen molar-refractivity contribution in [3.05, 3.63) is 12.2 Å². The van der Waals surface area contributed by atoms with Crippen LogP contribution in [0.15, 0.2) is 12.2 Å². The van der Waals surface area contributed by atoms with E-state index in [2.05, 4.69) is 17.5 Å². The first-order valence-electron chi connectivity index (χ1n) is 7.34. The summed E-state index contributed by atoms with van der Waals surface area (Å²) in [5, 5.41) is 12.4. The Hall–Kier alpha value is -0.830. The van der Waals surface area contributed by atoms with Crippen molar-refractivity contribution >= 4 is 5.91 Å². The van der Waals surface area contributed by atoms with Crippen LogP contribution in [0, 0.1) is 17.8 Å². The van der Waals surface area contributed by atoms with Crippen LogP contribution < -0.4 is 5.32 Å². The van der Waals surface area contributed by atoms with E-state index in [1.54, 1.807) is 0 Å². The predicted molar refractivity (Wildman–Crippen MR) is 72.0 cm³/mol. The van der Waals surface area contributed by atoms with E-state index >= 15 is 0 Å². The largest absolute Gasteiger partial charge is 0.396 e. The highest BCUT2D eigenvalue weighted by Crippen LogP contribution is 2.29. The lowest BCUT2D eigenvalue weighted by Crippen LogP contribution is -2.35. The molecule has 0 aromatic heterocycles. The quantitative estimate of drug-likeness (QED) is 0.736. The summed E-state index contributed by atoms with van der Waals surface area (Å²) in [6.45, 7) is 1.02. The molecule has 0 heterocycles. The van der Waals surface area contributed by atoms with Crippen molar-refractivity contribution in [1.82, 2.24) is 5.32 Å². The maximum atomic E-state index is 11.8. The van der Waals surface area contributed by atoms with E-state index in [1.807, 2.05) is 0 Å². The first-order valence-corrected chi connectivity index (χ1v) is 7.34. The van der Waals surface area contributed by atoms with Crippen LogP contribution in [0.3, 0.4) is 0 Å². The van der Waals surface area contributed by atoms with E-state index in [-0.39, 0.29) is 12.5 Å². The summed E-state index contributed by atoms with van der Waals surface area (Å²) >= 11 is 0. The van der Waals surface area contributed by atoms with Gasteiger partial charge in [0.15, 0.2) is 0 Å². The number of aliphatic hydroxyl groups is 1. The third-order valence-corrected chi connectivity index (χ3v) is 4.42. The van der Waals surface area contributed by atoms with E-state index in [4.69, 9.17) is 0 Å². The molecule has 3 unspecified atom stereocenters. The van der Waals surface area contributed by atoms with Gasteiger partial charge in [0.2, 0.25) is 5.91 Å². The second kappa shape index (κ2) is 6.93. The van der Waals surface area contributed by atoms with Crippen LogP contribution in [0.5, 0.6) is 0 Å². The Bertz CT molecular complexity index is 301. The van der Waals surface area contributed by atoms with Crippen molar-refractivity contribution in [2.45, 2.75) is 44.9 Å². The zero-order valence-electron chi connectivity index (χ0n) is 11.1. The van der Waals surface area contributed by atoms with Gasteiger partial charge in [0.05, 0.1) is 0 Å². The number of nitrogens with one attached hydrogen (secondary N) is 1. The average molecular weight is 251 g/mol. The molecule has 1 saturated carbocycles. The third-order valence-electron chi connectivity index (χ3n) is 4.42. The second-order valence-electron chi connectivity index (χ2n) is 5.76. The van der Waals surface area contributed by atoms with Crippen molar-refractivity contribution < 1.29 is 9.90 Å². The molecule has 0 aliphatic heterocycles. The Kier molecular flexibility index (Phi) is 5.24. The van der Waals surface area contributed by atoms with Gasteiger partial charge in [-0.2, -0.15) is 0 Å². The highest BCUT2D eigenvalue weighted by atomic mass is 16.3. The smallest absolute Gasteiger partial charge is 0.220 e. The molecule has 18 heavy (non-hydrogen) atoms. The molecule has 3 atom stereocenters. The SMILES string of the molecule is O=C(CC1C=CCC1)NCC1CCCCC1CO. The summed E-state index contributed by atoms with van der Waals surface area (Å²) in [5.74, 6) is 1.50. The molecule has 0 aromatic carbocycles. The highest BCUT2D eigenvalue weighted by molar-refractivity contribution is 5.76. The van der Waals surface area contributed by atoms with Gasteiger partial charge in [-0.1, -0.05) is 25.0 Å². The first-order chi connectivity index (χ1) is 8.79. The molecule has 0 radical (unpaired) electrons. The lowest BCUT2D eigenvalue weighted by Gasteiger charge is -2.30. The molecule has 0 spiro atoms. The molecule has 3 nitrogen and oxygen atoms in total. The number of allylic oxidation sites excluding steroid dienone is 2. The fraction of sp³-hybridized carbons (Fsp3) is 0.800. The van der Waals surface area contributed by atoms with Crippen molar-refractivity contribution in [3.63, 3.8) is 0 Å². The van der Waals surface area contributed by atoms with Crippen molar-refractivity contribution in [2.24, 2.45) is 17.8 Å². The monoisotopic (exact) mass is 251 g/mol. The van der Waals surface area contributed by atoms with Crippen LogP contribution in [0.25, 0.3) is 0 Å². The topological polar surface area (TPSA) is 49.3 Å². The van der Waals surface area contributed by atoms with Crippen LogP contribution in [0.2, 0.25) is 0 Å². The molecule has 0 aromatic rings. The molecule has 2 N–H and O–H groups in total. The lowest BCUT2D eigenvalue weighted by atomic mass is 9.79. The molecular formula is C15H25NO2. The normalized spacial score (nSPS) is 31.5. The molecule has 2 aliphatic carbocycles. The Labute approximate surface area is 110 Å². The highest BCUT2D eigenvalue weighted by Gasteiger charge is 2.25. The third kappa shape index (κ3) is 3.84. The molecule has 3 heteroatoms. The minimum absolute atomic E-state index is 0.175. The summed E-state index contributed by atoms with van der Waals surface area (Å²) < 4.78 is 0. The number of carbonyl (C=O) groups is 1. The lowest BCUT2D eigenvalue weighted by molar-refractivity contribution is -0.122. The van der Waals surface area contributed by atoms with E-state index in [9.17, 15) is 9.90 Å². The van der Waals surface area contributed by atoms with E-state index in [0.717, 1.165) is 32.2 Å². The number of carbonyl (C=O) groups excluding carboxylic acids is 1. The Balaban J connectivity index is 1.69. The maximum absolute atomic E-state index is 11.8. The molecule has 102 valence electrons. The van der Waals surface area contributed by atoms with Gasteiger partial charge in [0.25, 0.3) is 0 Å². The van der Waals surface area contributed by atoms with Gasteiger partial charge >= 0.3 is 0 Å². The minimum atomic E-state index is 0.175. The average Bonchev–Trinajstić information content (AvgIpc) is 2.89. The summed E-state index contributed by atoms with van der Waals surface area (Å²) in [5.41, 5.74) is 0. The molecular weight excluding hydrogens is 226 g/mol. The van der Waals surface area contributed by atoms with Crippen molar-refractivity contribution in [2.75, 3.05) is 13.2 Å².